The average Bonchev–Trinajstić information content (AvgIpc) is 2.90. The summed E-state index contributed by atoms with van der Waals surface area (Å²) in [4.78, 5) is 14.7. The largest absolute Gasteiger partial charge is 0.341 e. The van der Waals surface area contributed by atoms with Crippen LogP contribution in [0.4, 0.5) is 0 Å². The van der Waals surface area contributed by atoms with Crippen molar-refractivity contribution in [2.45, 2.75) is 31.7 Å². The maximum absolute atomic E-state index is 12.0. The predicted octanol–water partition coefficient (Wildman–Crippen LogP) is 2.35. The van der Waals surface area contributed by atoms with Gasteiger partial charge in [0.2, 0.25) is 0 Å². The summed E-state index contributed by atoms with van der Waals surface area (Å²) in [5.74, 6) is 0.149. The third kappa shape index (κ3) is 3.54. The Kier molecular flexibility index (Phi) is 4.57. The standard InChI is InChI=1S/C13H20N2OS/c1-15(13(16)12-6-4-10-17-12)9-7-11-5-2-3-8-14-11/h4,6,10-11,14H,2-3,5,7-9H2,1H3. The molecule has 1 N–H and O–H groups in total. The molecule has 0 radical (unpaired) electrons. The molecule has 0 bridgehead atoms. The summed E-state index contributed by atoms with van der Waals surface area (Å²) in [7, 11) is 1.89. The van der Waals surface area contributed by atoms with Crippen LogP contribution in [0.1, 0.15) is 35.4 Å². The Morgan fingerprint density at radius 2 is 2.47 bits per heavy atom. The summed E-state index contributed by atoms with van der Waals surface area (Å²) >= 11 is 1.51. The summed E-state index contributed by atoms with van der Waals surface area (Å²) in [6.07, 6.45) is 4.93. The summed E-state index contributed by atoms with van der Waals surface area (Å²) in [6.45, 7) is 1.97. The predicted molar refractivity (Wildman–Crippen MR) is 71.5 cm³/mol. The molecule has 1 atom stereocenters. The van der Waals surface area contributed by atoms with E-state index in [-0.39, 0.29) is 5.91 Å². The molecule has 2 heterocycles. The SMILES string of the molecule is CN(CCC1CCCCN1)C(=O)c1cccs1. The van der Waals surface area contributed by atoms with Crippen LogP contribution in [0, 0.1) is 0 Å². The van der Waals surface area contributed by atoms with Crippen LogP contribution in [0.3, 0.4) is 0 Å². The zero-order valence-corrected chi connectivity index (χ0v) is 11.1. The van der Waals surface area contributed by atoms with Crippen LogP contribution in [0.25, 0.3) is 0 Å². The molecule has 0 saturated carbocycles. The average molecular weight is 252 g/mol. The monoisotopic (exact) mass is 252 g/mol. The van der Waals surface area contributed by atoms with Crippen molar-refractivity contribution in [3.63, 3.8) is 0 Å². The minimum absolute atomic E-state index is 0.149. The molecule has 4 heteroatoms. The maximum atomic E-state index is 12.0. The Hall–Kier alpha value is -0.870. The molecule has 0 aliphatic carbocycles. The van der Waals surface area contributed by atoms with E-state index in [1.165, 1.54) is 30.6 Å². The fourth-order valence-electron chi connectivity index (χ4n) is 2.21. The van der Waals surface area contributed by atoms with Gasteiger partial charge in [-0.15, -0.1) is 11.3 Å². The molecular weight excluding hydrogens is 232 g/mol. The lowest BCUT2D eigenvalue weighted by Crippen LogP contribution is -2.38. The van der Waals surface area contributed by atoms with E-state index in [0.29, 0.717) is 6.04 Å². The van der Waals surface area contributed by atoms with Crippen molar-refractivity contribution in [1.29, 1.82) is 0 Å². The normalized spacial score (nSPS) is 20.2. The van der Waals surface area contributed by atoms with Crippen molar-refractivity contribution in [2.24, 2.45) is 0 Å². The van der Waals surface area contributed by atoms with Gasteiger partial charge in [-0.2, -0.15) is 0 Å². The molecule has 17 heavy (non-hydrogen) atoms. The van der Waals surface area contributed by atoms with Gasteiger partial charge < -0.3 is 10.2 Å². The van der Waals surface area contributed by atoms with Crippen LogP contribution in [-0.2, 0) is 0 Å². The third-order valence-corrected chi connectivity index (χ3v) is 4.16. The van der Waals surface area contributed by atoms with Crippen LogP contribution in [0.15, 0.2) is 17.5 Å². The van der Waals surface area contributed by atoms with Gasteiger partial charge in [0.1, 0.15) is 0 Å². The van der Waals surface area contributed by atoms with Gasteiger partial charge in [0.25, 0.3) is 5.91 Å². The minimum Gasteiger partial charge on any atom is -0.341 e. The summed E-state index contributed by atoms with van der Waals surface area (Å²) in [5.41, 5.74) is 0. The quantitative estimate of drug-likeness (QED) is 0.892. The Morgan fingerprint density at radius 3 is 3.12 bits per heavy atom. The van der Waals surface area contributed by atoms with E-state index < -0.39 is 0 Å². The van der Waals surface area contributed by atoms with E-state index >= 15 is 0 Å². The summed E-state index contributed by atoms with van der Waals surface area (Å²) in [5, 5.41) is 5.46. The third-order valence-electron chi connectivity index (χ3n) is 3.30. The fraction of sp³-hybridized carbons (Fsp3) is 0.615. The first-order chi connectivity index (χ1) is 8.27. The molecule has 0 spiro atoms. The van der Waals surface area contributed by atoms with Crippen LogP contribution >= 0.6 is 11.3 Å². The summed E-state index contributed by atoms with van der Waals surface area (Å²) < 4.78 is 0. The van der Waals surface area contributed by atoms with Crippen molar-refractivity contribution in [2.75, 3.05) is 20.1 Å². The maximum Gasteiger partial charge on any atom is 0.263 e. The van der Waals surface area contributed by atoms with Crippen LogP contribution in [0.2, 0.25) is 0 Å². The van der Waals surface area contributed by atoms with Gasteiger partial charge in [0, 0.05) is 19.6 Å². The molecule has 1 aliphatic heterocycles. The molecule has 1 fully saturated rings. The molecule has 2 rings (SSSR count). The number of nitrogens with one attached hydrogen (secondary N) is 1. The van der Waals surface area contributed by atoms with Crippen molar-refractivity contribution in [1.82, 2.24) is 10.2 Å². The number of amides is 1. The van der Waals surface area contributed by atoms with E-state index in [2.05, 4.69) is 5.32 Å². The zero-order chi connectivity index (χ0) is 12.1. The molecular formula is C13H20N2OS. The number of nitrogens with zero attached hydrogens (tertiary/aromatic N) is 1. The highest BCUT2D eigenvalue weighted by Crippen LogP contribution is 2.13. The van der Waals surface area contributed by atoms with Gasteiger partial charge >= 0.3 is 0 Å². The topological polar surface area (TPSA) is 32.3 Å². The van der Waals surface area contributed by atoms with E-state index in [1.54, 1.807) is 0 Å². The van der Waals surface area contributed by atoms with Crippen molar-refractivity contribution in [3.8, 4) is 0 Å². The highest BCUT2D eigenvalue weighted by Gasteiger charge is 2.16. The van der Waals surface area contributed by atoms with Crippen LogP contribution in [-0.4, -0.2) is 37.0 Å². The zero-order valence-electron chi connectivity index (χ0n) is 10.3. The van der Waals surface area contributed by atoms with Crippen LogP contribution in [0.5, 0.6) is 0 Å². The molecule has 1 saturated heterocycles. The second-order valence-electron chi connectivity index (χ2n) is 4.64. The van der Waals surface area contributed by atoms with Gasteiger partial charge in [0.15, 0.2) is 0 Å². The van der Waals surface area contributed by atoms with Crippen LogP contribution < -0.4 is 5.32 Å². The first-order valence-electron chi connectivity index (χ1n) is 6.30. The van der Waals surface area contributed by atoms with E-state index in [9.17, 15) is 4.79 Å². The van der Waals surface area contributed by atoms with E-state index in [1.807, 2.05) is 29.5 Å². The molecule has 1 aromatic heterocycles. The Morgan fingerprint density at radius 1 is 1.59 bits per heavy atom. The Balaban J connectivity index is 1.76. The minimum atomic E-state index is 0.149. The van der Waals surface area contributed by atoms with Gasteiger partial charge in [-0.1, -0.05) is 12.5 Å². The second kappa shape index (κ2) is 6.17. The lowest BCUT2D eigenvalue weighted by atomic mass is 10.0. The number of carbonyl (C=O) groups excluding carboxylic acids is 1. The fourth-order valence-corrected chi connectivity index (χ4v) is 2.93. The van der Waals surface area contributed by atoms with Gasteiger partial charge in [-0.3, -0.25) is 4.79 Å². The van der Waals surface area contributed by atoms with Gasteiger partial charge in [-0.05, 0) is 37.3 Å². The smallest absolute Gasteiger partial charge is 0.263 e. The number of thiophene rings is 1. The van der Waals surface area contributed by atoms with Crippen molar-refractivity contribution >= 4 is 17.2 Å². The molecule has 1 aliphatic rings. The molecule has 1 unspecified atom stereocenters. The number of hydrogen-bond acceptors (Lipinski definition) is 3. The lowest BCUT2D eigenvalue weighted by Gasteiger charge is -2.25. The van der Waals surface area contributed by atoms with Gasteiger partial charge in [-0.25, -0.2) is 0 Å². The van der Waals surface area contributed by atoms with Gasteiger partial charge in [0.05, 0.1) is 4.88 Å². The van der Waals surface area contributed by atoms with Crippen molar-refractivity contribution < 1.29 is 4.79 Å². The molecule has 0 aromatic carbocycles. The number of hydrogen-bond donors (Lipinski definition) is 1. The number of piperidine rings is 1. The molecule has 3 nitrogen and oxygen atoms in total. The molecule has 94 valence electrons. The Labute approximate surface area is 107 Å². The van der Waals surface area contributed by atoms with E-state index in [4.69, 9.17) is 0 Å². The first kappa shape index (κ1) is 12.6. The second-order valence-corrected chi connectivity index (χ2v) is 5.59. The van der Waals surface area contributed by atoms with Crippen molar-refractivity contribution in [3.05, 3.63) is 22.4 Å². The first-order valence-corrected chi connectivity index (χ1v) is 7.17. The lowest BCUT2D eigenvalue weighted by molar-refractivity contribution is 0.0793. The molecule has 1 aromatic rings. The highest BCUT2D eigenvalue weighted by molar-refractivity contribution is 7.12. The highest BCUT2D eigenvalue weighted by atomic mass is 32.1. The Bertz CT molecular complexity index is 344. The number of rotatable bonds is 4. The van der Waals surface area contributed by atoms with E-state index in [0.717, 1.165) is 24.4 Å². The molecule has 1 amide bonds. The number of carbonyl (C=O) groups is 1. The summed E-state index contributed by atoms with van der Waals surface area (Å²) in [6, 6.07) is 4.42.